The number of carbonyl (C=O) groups excluding carboxylic acids is 3. The lowest BCUT2D eigenvalue weighted by Crippen LogP contribution is -2.53. The summed E-state index contributed by atoms with van der Waals surface area (Å²) in [5.74, 6) is -1.75. The predicted molar refractivity (Wildman–Crippen MR) is 166 cm³/mol. The van der Waals surface area contributed by atoms with Crippen LogP contribution in [-0.2, 0) is 20.9 Å². The van der Waals surface area contributed by atoms with Crippen LogP contribution in [0.4, 0.5) is 11.4 Å². The van der Waals surface area contributed by atoms with Crippen molar-refractivity contribution in [2.45, 2.75) is 36.4 Å². The van der Waals surface area contributed by atoms with Crippen molar-refractivity contribution >= 4 is 40.9 Å². The molecular weight excluding hydrogens is 548 g/mol. The van der Waals surface area contributed by atoms with Crippen molar-refractivity contribution in [2.24, 2.45) is 11.8 Å². The molecule has 3 amide bonds. The second kappa shape index (κ2) is 11.6. The Bertz CT molecular complexity index is 1390. The number of hydrogen-bond donors (Lipinski definition) is 1. The number of hydrogen-bond acceptors (Lipinski definition) is 6. The monoisotopic (exact) mass is 586 g/mol. The Kier molecular flexibility index (Phi) is 7.89. The summed E-state index contributed by atoms with van der Waals surface area (Å²) in [5, 5.41) is 9.75. The van der Waals surface area contributed by atoms with Gasteiger partial charge in [-0.2, -0.15) is 0 Å². The highest BCUT2D eigenvalue weighted by Gasteiger charge is 2.71. The molecule has 4 aliphatic rings. The molecule has 2 aromatic carbocycles. The number of amides is 3. The predicted octanol–water partition coefficient (Wildman–Crippen LogP) is 3.32. The third-order valence-corrected chi connectivity index (χ3v) is 10.8. The average Bonchev–Trinajstić information content (AvgIpc) is 3.31. The molecule has 42 heavy (non-hydrogen) atoms. The van der Waals surface area contributed by atoms with Gasteiger partial charge >= 0.3 is 0 Å². The zero-order valence-electron chi connectivity index (χ0n) is 24.1. The molecule has 2 saturated heterocycles. The van der Waals surface area contributed by atoms with Gasteiger partial charge in [-0.05, 0) is 43.7 Å². The first-order chi connectivity index (χ1) is 20.4. The molecule has 1 spiro atoms. The van der Waals surface area contributed by atoms with E-state index in [1.165, 1.54) is 4.90 Å². The maximum absolute atomic E-state index is 14.5. The number of rotatable bonds is 8. The van der Waals surface area contributed by atoms with E-state index in [2.05, 4.69) is 24.8 Å². The van der Waals surface area contributed by atoms with Crippen molar-refractivity contribution in [1.29, 1.82) is 0 Å². The molecule has 9 heteroatoms. The lowest BCUT2D eigenvalue weighted by Gasteiger charge is -2.35. The molecule has 0 radical (unpaired) electrons. The summed E-state index contributed by atoms with van der Waals surface area (Å²) < 4.78 is -0.898. The zero-order chi connectivity index (χ0) is 29.4. The molecular formula is C33H38N4O4S. The summed E-state index contributed by atoms with van der Waals surface area (Å²) in [6.45, 7) is 7.11. The van der Waals surface area contributed by atoms with E-state index in [1.807, 2.05) is 77.7 Å². The molecule has 0 saturated carbocycles. The Balaban J connectivity index is 1.35. The van der Waals surface area contributed by atoms with Gasteiger partial charge in [0.2, 0.25) is 11.8 Å². The standard InChI is InChI=1S/C33H38N4O4S/c1-3-34(4-2)24-13-15-25(16-14-24)36-19-9-17-33-28(31(40)37(20-21-38)29(33)32(36)41)27-26(42-33)12-8-18-35(30(27)39)22-23-10-6-5-7-11-23/h5-17,26-29,38H,3-4,18-22H2,1-2H3/t26-,27+,28+,29?,33+/m1/s1. The van der Waals surface area contributed by atoms with Crippen LogP contribution in [0.2, 0.25) is 0 Å². The topological polar surface area (TPSA) is 84.4 Å². The Hall–Kier alpha value is -3.56. The number of aliphatic hydroxyl groups is 1. The second-order valence-electron chi connectivity index (χ2n) is 11.3. The number of nitrogens with zero attached hydrogens (tertiary/aromatic N) is 4. The Morgan fingerprint density at radius 3 is 2.36 bits per heavy atom. The molecule has 0 aromatic heterocycles. The third-order valence-electron chi connectivity index (χ3n) is 9.09. The van der Waals surface area contributed by atoms with Crippen molar-refractivity contribution in [3.8, 4) is 0 Å². The maximum atomic E-state index is 14.5. The van der Waals surface area contributed by atoms with Crippen LogP contribution in [0.5, 0.6) is 0 Å². The fraction of sp³-hybridized carbons (Fsp3) is 0.424. The van der Waals surface area contributed by atoms with E-state index in [0.29, 0.717) is 19.6 Å². The fourth-order valence-corrected chi connectivity index (χ4v) is 9.15. The SMILES string of the molecule is CCN(CC)c1ccc(N2CC=C[C@]34S[C@@H]5C=CCN(Cc6ccccc6)C(=O)[C@@H]5[C@H]3C(=O)N(CCO)C4C2=O)cc1. The number of β-amino-alcohol motifs (C(OH)–C–C–N with tert-alkyl or cyclic N) is 1. The van der Waals surface area contributed by atoms with Crippen LogP contribution in [0.15, 0.2) is 78.9 Å². The van der Waals surface area contributed by atoms with Crippen molar-refractivity contribution in [2.75, 3.05) is 49.1 Å². The van der Waals surface area contributed by atoms with E-state index in [4.69, 9.17) is 0 Å². The Morgan fingerprint density at radius 1 is 0.929 bits per heavy atom. The summed E-state index contributed by atoms with van der Waals surface area (Å²) in [6.07, 6.45) is 8.07. The quantitative estimate of drug-likeness (QED) is 0.478. The lowest BCUT2D eigenvalue weighted by molar-refractivity contribution is -0.143. The van der Waals surface area contributed by atoms with Crippen LogP contribution in [0, 0.1) is 11.8 Å². The third kappa shape index (κ3) is 4.63. The van der Waals surface area contributed by atoms with Gasteiger partial charge in [0.25, 0.3) is 5.91 Å². The first-order valence-electron chi connectivity index (χ1n) is 14.9. The van der Waals surface area contributed by atoms with Gasteiger partial charge in [0, 0.05) is 55.9 Å². The molecule has 0 aliphatic carbocycles. The summed E-state index contributed by atoms with van der Waals surface area (Å²) in [7, 11) is 0. The summed E-state index contributed by atoms with van der Waals surface area (Å²) in [4.78, 5) is 50.2. The fourth-order valence-electron chi connectivity index (χ4n) is 7.15. The Morgan fingerprint density at radius 2 is 1.67 bits per heavy atom. The minimum Gasteiger partial charge on any atom is -0.395 e. The van der Waals surface area contributed by atoms with Gasteiger partial charge in [0.15, 0.2) is 0 Å². The highest BCUT2D eigenvalue weighted by molar-refractivity contribution is 8.02. The van der Waals surface area contributed by atoms with Gasteiger partial charge in [0.05, 0.1) is 23.2 Å². The first kappa shape index (κ1) is 28.6. The van der Waals surface area contributed by atoms with Crippen LogP contribution < -0.4 is 9.80 Å². The molecule has 4 heterocycles. The number of benzene rings is 2. The van der Waals surface area contributed by atoms with E-state index in [0.717, 1.165) is 30.0 Å². The molecule has 5 atom stereocenters. The lowest BCUT2D eigenvalue weighted by atomic mass is 9.78. The number of aliphatic hydroxyl groups excluding tert-OH is 1. The number of thioether (sulfide) groups is 1. The maximum Gasteiger partial charge on any atom is 0.251 e. The van der Waals surface area contributed by atoms with E-state index < -0.39 is 22.6 Å². The number of anilines is 2. The average molecular weight is 587 g/mol. The second-order valence-corrected chi connectivity index (χ2v) is 12.8. The van der Waals surface area contributed by atoms with Gasteiger partial charge in [-0.3, -0.25) is 14.4 Å². The molecule has 220 valence electrons. The molecule has 2 fully saturated rings. The smallest absolute Gasteiger partial charge is 0.251 e. The summed E-state index contributed by atoms with van der Waals surface area (Å²) in [6, 6.07) is 17.0. The summed E-state index contributed by atoms with van der Waals surface area (Å²) in [5.41, 5.74) is 2.88. The van der Waals surface area contributed by atoms with Crippen LogP contribution in [0.3, 0.4) is 0 Å². The van der Waals surface area contributed by atoms with Crippen molar-refractivity contribution in [1.82, 2.24) is 9.80 Å². The van der Waals surface area contributed by atoms with Crippen LogP contribution in [0.25, 0.3) is 0 Å². The van der Waals surface area contributed by atoms with Crippen molar-refractivity contribution in [3.63, 3.8) is 0 Å². The van der Waals surface area contributed by atoms with Gasteiger partial charge < -0.3 is 24.7 Å². The highest BCUT2D eigenvalue weighted by atomic mass is 32.2. The van der Waals surface area contributed by atoms with E-state index in [1.54, 1.807) is 16.7 Å². The first-order valence-corrected chi connectivity index (χ1v) is 15.7. The van der Waals surface area contributed by atoms with Gasteiger partial charge in [0.1, 0.15) is 6.04 Å². The molecule has 8 nitrogen and oxygen atoms in total. The van der Waals surface area contributed by atoms with Gasteiger partial charge in [-0.15, -0.1) is 11.8 Å². The summed E-state index contributed by atoms with van der Waals surface area (Å²) >= 11 is 1.56. The van der Waals surface area contributed by atoms with E-state index in [9.17, 15) is 19.5 Å². The molecule has 2 aromatic rings. The van der Waals surface area contributed by atoms with E-state index >= 15 is 0 Å². The molecule has 6 rings (SSSR count). The molecule has 1 N–H and O–H groups in total. The molecule has 4 aliphatic heterocycles. The normalized spacial score (nSPS) is 28.5. The zero-order valence-corrected chi connectivity index (χ0v) is 25.0. The number of likely N-dealkylation sites (tertiary alicyclic amines) is 1. The van der Waals surface area contributed by atoms with Crippen LogP contribution >= 0.6 is 11.8 Å². The van der Waals surface area contributed by atoms with Crippen molar-refractivity contribution < 1.29 is 19.5 Å². The van der Waals surface area contributed by atoms with Crippen LogP contribution in [-0.4, -0.2) is 88.0 Å². The van der Waals surface area contributed by atoms with Gasteiger partial charge in [-0.25, -0.2) is 0 Å². The van der Waals surface area contributed by atoms with Gasteiger partial charge in [-0.1, -0.05) is 54.6 Å². The molecule has 0 bridgehead atoms. The highest BCUT2D eigenvalue weighted by Crippen LogP contribution is 2.61. The minimum absolute atomic E-state index is 0.0474. The minimum atomic E-state index is -0.898. The Labute approximate surface area is 251 Å². The van der Waals surface area contributed by atoms with Crippen LogP contribution in [0.1, 0.15) is 19.4 Å². The molecule has 1 unspecified atom stereocenters. The number of carbonyl (C=O) groups is 3. The van der Waals surface area contributed by atoms with E-state index in [-0.39, 0.29) is 36.1 Å². The number of fused-ring (bicyclic) bond motifs is 2. The van der Waals surface area contributed by atoms with Crippen molar-refractivity contribution in [3.05, 3.63) is 84.5 Å². The largest absolute Gasteiger partial charge is 0.395 e.